The Bertz CT molecular complexity index is 1870. The summed E-state index contributed by atoms with van der Waals surface area (Å²) < 4.78 is 68.5. The number of carbonyl (C=O) groups excluding carboxylic acids is 4. The van der Waals surface area contributed by atoms with Crippen LogP contribution in [-0.4, -0.2) is 96.7 Å². The van der Waals surface area contributed by atoms with Crippen LogP contribution in [-0.2, 0) is 65.4 Å². The third kappa shape index (κ3) is 67.6. The average molecular weight is 1400 g/mol. The van der Waals surface area contributed by atoms with Gasteiger partial charge in [-0.1, -0.05) is 331 Å². The molecule has 0 spiro atoms. The van der Waals surface area contributed by atoms with Crippen molar-refractivity contribution in [3.05, 3.63) is 0 Å². The Morgan fingerprint density at radius 3 is 0.747 bits per heavy atom. The molecule has 0 aromatic rings. The molecule has 0 aliphatic rings. The van der Waals surface area contributed by atoms with E-state index in [0.29, 0.717) is 31.6 Å². The lowest BCUT2D eigenvalue weighted by Gasteiger charge is -2.21. The maximum absolute atomic E-state index is 13.1. The van der Waals surface area contributed by atoms with Gasteiger partial charge in [-0.2, -0.15) is 0 Å². The predicted molar refractivity (Wildman–Crippen MR) is 386 cm³/mol. The van der Waals surface area contributed by atoms with E-state index in [4.69, 9.17) is 37.0 Å². The topological polar surface area (TPSA) is 237 Å². The fourth-order valence-corrected chi connectivity index (χ4v) is 13.1. The molecule has 0 amide bonds. The van der Waals surface area contributed by atoms with Crippen LogP contribution in [0.25, 0.3) is 0 Å². The number of carbonyl (C=O) groups is 4. The summed E-state index contributed by atoms with van der Waals surface area (Å²) in [5.41, 5.74) is 0. The summed E-state index contributed by atoms with van der Waals surface area (Å²) in [6.45, 7) is 14.2. The molecule has 0 radical (unpaired) electrons. The number of rotatable bonds is 73. The van der Waals surface area contributed by atoms with E-state index in [1.165, 1.54) is 180 Å². The molecule has 17 nitrogen and oxygen atoms in total. The molecule has 0 rings (SSSR count). The van der Waals surface area contributed by atoms with Crippen LogP contribution < -0.4 is 0 Å². The van der Waals surface area contributed by atoms with Gasteiger partial charge in [0.05, 0.1) is 26.4 Å². The van der Waals surface area contributed by atoms with Gasteiger partial charge in [-0.15, -0.1) is 0 Å². The molecule has 19 heteroatoms. The Balaban J connectivity index is 5.23. The van der Waals surface area contributed by atoms with Crippen LogP contribution in [0.5, 0.6) is 0 Å². The molecule has 564 valence electrons. The number of unbranched alkanes of at least 4 members (excludes halogenated alkanes) is 37. The fraction of sp³-hybridized carbons (Fsp3) is 0.947. The molecule has 95 heavy (non-hydrogen) atoms. The van der Waals surface area contributed by atoms with E-state index < -0.39 is 97.5 Å². The zero-order chi connectivity index (χ0) is 70.3. The predicted octanol–water partition coefficient (Wildman–Crippen LogP) is 22.0. The van der Waals surface area contributed by atoms with Gasteiger partial charge in [0.1, 0.15) is 19.3 Å². The molecular weight excluding hydrogens is 1250 g/mol. The maximum atomic E-state index is 13.1. The van der Waals surface area contributed by atoms with Crippen LogP contribution in [0.4, 0.5) is 0 Å². The Labute approximate surface area is 581 Å². The van der Waals surface area contributed by atoms with Crippen LogP contribution in [0, 0.1) is 23.7 Å². The summed E-state index contributed by atoms with van der Waals surface area (Å²) >= 11 is 0. The van der Waals surface area contributed by atoms with Gasteiger partial charge in [0.15, 0.2) is 12.2 Å². The van der Waals surface area contributed by atoms with Gasteiger partial charge >= 0.3 is 39.5 Å². The van der Waals surface area contributed by atoms with Gasteiger partial charge < -0.3 is 33.8 Å². The summed E-state index contributed by atoms with van der Waals surface area (Å²) in [7, 11) is -9.91. The minimum Gasteiger partial charge on any atom is -0.462 e. The van der Waals surface area contributed by atoms with Crippen molar-refractivity contribution in [1.29, 1.82) is 0 Å². The SMILES string of the molecule is CCC(C)CCCCCCCCCCCCCCCCC(=O)OC[C@H](COP(=O)(O)OC[C@@H](O)COP(=O)(O)OC[C@@H](COC(=O)CCCCCCCCC(C)C)OC(=O)CCCCCCCCCCCCC(C)CC)OC(=O)CCCCCCCCCCCCCC(C)C. The number of phosphoric acid groups is 2. The highest BCUT2D eigenvalue weighted by atomic mass is 31.2. The smallest absolute Gasteiger partial charge is 0.462 e. The minimum absolute atomic E-state index is 0.105. The van der Waals surface area contributed by atoms with Crippen molar-refractivity contribution in [2.75, 3.05) is 39.6 Å². The van der Waals surface area contributed by atoms with Gasteiger partial charge in [-0.3, -0.25) is 37.3 Å². The fourth-order valence-electron chi connectivity index (χ4n) is 11.5. The van der Waals surface area contributed by atoms with Crippen LogP contribution in [0.1, 0.15) is 383 Å². The molecule has 7 atom stereocenters. The highest BCUT2D eigenvalue weighted by molar-refractivity contribution is 7.47. The molecule has 0 aromatic carbocycles. The number of hydrogen-bond acceptors (Lipinski definition) is 15. The van der Waals surface area contributed by atoms with Crippen LogP contribution >= 0.6 is 15.6 Å². The second-order valence-corrected chi connectivity index (χ2v) is 31.7. The third-order valence-corrected chi connectivity index (χ3v) is 20.2. The second kappa shape index (κ2) is 65.4. The molecular formula is C76H148O17P2. The first-order valence-electron chi connectivity index (χ1n) is 39.3. The van der Waals surface area contributed by atoms with Crippen LogP contribution in [0.2, 0.25) is 0 Å². The average Bonchev–Trinajstić information content (AvgIpc) is 2.32. The summed E-state index contributed by atoms with van der Waals surface area (Å²) in [6.07, 6.45) is 50.0. The largest absolute Gasteiger partial charge is 0.472 e. The molecule has 0 saturated carbocycles. The Morgan fingerprint density at radius 2 is 0.505 bits per heavy atom. The minimum atomic E-state index is -4.96. The van der Waals surface area contributed by atoms with E-state index in [1.807, 2.05) is 0 Å². The molecule has 0 aliphatic heterocycles. The van der Waals surface area contributed by atoms with Crippen molar-refractivity contribution in [2.24, 2.45) is 23.7 Å². The zero-order valence-electron chi connectivity index (χ0n) is 62.3. The van der Waals surface area contributed by atoms with Gasteiger partial charge in [0.25, 0.3) is 0 Å². The lowest BCUT2D eigenvalue weighted by atomic mass is 9.99. The van der Waals surface area contributed by atoms with E-state index >= 15 is 0 Å². The lowest BCUT2D eigenvalue weighted by Crippen LogP contribution is -2.30. The number of ether oxygens (including phenoxy) is 4. The zero-order valence-corrected chi connectivity index (χ0v) is 64.1. The number of phosphoric ester groups is 2. The van der Waals surface area contributed by atoms with Gasteiger partial charge in [0, 0.05) is 25.7 Å². The molecule has 0 heterocycles. The van der Waals surface area contributed by atoms with Gasteiger partial charge in [-0.25, -0.2) is 9.13 Å². The Kier molecular flexibility index (Phi) is 64.0. The summed E-state index contributed by atoms with van der Waals surface area (Å²) in [5.74, 6) is 0.975. The molecule has 0 aromatic heterocycles. The van der Waals surface area contributed by atoms with E-state index in [2.05, 4.69) is 55.4 Å². The normalized spacial score (nSPS) is 14.7. The lowest BCUT2D eigenvalue weighted by molar-refractivity contribution is -0.161. The first-order chi connectivity index (χ1) is 45.7. The molecule has 0 saturated heterocycles. The van der Waals surface area contributed by atoms with Crippen molar-refractivity contribution in [2.45, 2.75) is 401 Å². The quantitative estimate of drug-likeness (QED) is 0.0222. The van der Waals surface area contributed by atoms with Crippen molar-refractivity contribution in [3.8, 4) is 0 Å². The first-order valence-corrected chi connectivity index (χ1v) is 42.3. The Hall–Kier alpha value is -1.94. The van der Waals surface area contributed by atoms with Gasteiger partial charge in [0.2, 0.25) is 0 Å². The summed E-state index contributed by atoms with van der Waals surface area (Å²) in [4.78, 5) is 72.8. The molecule has 0 bridgehead atoms. The van der Waals surface area contributed by atoms with Crippen molar-refractivity contribution in [3.63, 3.8) is 0 Å². The second-order valence-electron chi connectivity index (χ2n) is 28.8. The Morgan fingerprint density at radius 1 is 0.295 bits per heavy atom. The number of hydrogen-bond donors (Lipinski definition) is 3. The highest BCUT2D eigenvalue weighted by Gasteiger charge is 2.30. The number of aliphatic hydroxyl groups is 1. The van der Waals surface area contributed by atoms with Crippen molar-refractivity contribution < 1.29 is 80.2 Å². The van der Waals surface area contributed by atoms with Crippen molar-refractivity contribution in [1.82, 2.24) is 0 Å². The van der Waals surface area contributed by atoms with Gasteiger partial charge in [-0.05, 0) is 49.4 Å². The monoisotopic (exact) mass is 1400 g/mol. The molecule has 0 aliphatic carbocycles. The van der Waals surface area contributed by atoms with Crippen molar-refractivity contribution >= 4 is 39.5 Å². The third-order valence-electron chi connectivity index (χ3n) is 18.3. The van der Waals surface area contributed by atoms with Crippen LogP contribution in [0.15, 0.2) is 0 Å². The van der Waals surface area contributed by atoms with E-state index in [1.54, 1.807) is 0 Å². The van der Waals surface area contributed by atoms with E-state index in [-0.39, 0.29) is 25.7 Å². The summed E-state index contributed by atoms with van der Waals surface area (Å²) in [5, 5.41) is 10.6. The van der Waals surface area contributed by atoms with Crippen LogP contribution in [0.3, 0.4) is 0 Å². The molecule has 3 N–H and O–H groups in total. The highest BCUT2D eigenvalue weighted by Crippen LogP contribution is 2.45. The maximum Gasteiger partial charge on any atom is 0.472 e. The molecule has 4 unspecified atom stereocenters. The van der Waals surface area contributed by atoms with E-state index in [0.717, 1.165) is 114 Å². The molecule has 0 fully saturated rings. The number of aliphatic hydroxyl groups excluding tert-OH is 1. The summed E-state index contributed by atoms with van der Waals surface area (Å²) in [6, 6.07) is 0. The standard InChI is InChI=1S/C76H148O17P2/c1-9-68(7)54-46-38-29-23-17-13-11-12-14-18-25-31-40-48-56-73(78)86-62-71(92-75(80)58-50-42-32-26-19-15-16-22-28-36-44-52-66(3)4)64-90-94(82,83)88-60-70(77)61-89-95(84,85)91-65-72(63-87-74(79)57-49-41-35-34-37-45-53-67(5)6)93-76(81)59-51-43-33-27-21-20-24-30-39-47-55-69(8)10-2/h66-72,77H,9-65H2,1-8H3,(H,82,83)(H,84,85)/t68?,69?,70-,71-,72-/m1/s1. The first kappa shape index (κ1) is 93.1. The number of esters is 4. The van der Waals surface area contributed by atoms with E-state index in [9.17, 15) is 43.2 Å².